The number of rotatable bonds is 42. The Hall–Kier alpha value is -1.77. The van der Waals surface area contributed by atoms with E-state index in [4.69, 9.17) is 24.3 Å². The molecule has 0 amide bonds. The molecule has 0 heterocycles. The standard InChI is InChI=1S/C45H84NO8P/c1-3-5-7-9-11-13-15-17-19-20-21-22-24-25-27-29-31-33-35-37-44(47)51-41-43(42-53-55(49,50)52-40-39-46)54-45(48)38-36-34-32-30-28-26-23-18-16-14-12-10-8-6-4-2/h12,14,18,23,28,30,43H,3-11,13,15-17,19-22,24-27,29,31-42,46H2,1-2H3,(H,49,50)/t43-/m1/s1. The van der Waals surface area contributed by atoms with Crippen molar-refractivity contribution in [2.75, 3.05) is 26.4 Å². The maximum atomic E-state index is 12.6. The number of carbonyl (C=O) groups excluding carboxylic acids is 2. The quantitative estimate of drug-likeness (QED) is 0.0268. The van der Waals surface area contributed by atoms with E-state index in [1.165, 1.54) is 122 Å². The molecule has 2 atom stereocenters. The Morgan fingerprint density at radius 3 is 1.44 bits per heavy atom. The molecule has 0 spiro atoms. The summed E-state index contributed by atoms with van der Waals surface area (Å²) in [6.45, 7) is 3.68. The van der Waals surface area contributed by atoms with Crippen molar-refractivity contribution in [2.24, 2.45) is 5.73 Å². The number of phosphoric acid groups is 1. The van der Waals surface area contributed by atoms with Crippen molar-refractivity contribution in [3.63, 3.8) is 0 Å². The van der Waals surface area contributed by atoms with E-state index < -0.39 is 26.5 Å². The highest BCUT2D eigenvalue weighted by Crippen LogP contribution is 2.43. The van der Waals surface area contributed by atoms with E-state index in [0.717, 1.165) is 51.4 Å². The number of hydrogen-bond donors (Lipinski definition) is 2. The third-order valence-electron chi connectivity index (χ3n) is 9.53. The second-order valence-corrected chi connectivity index (χ2v) is 16.4. The molecule has 0 aliphatic heterocycles. The number of carbonyl (C=O) groups is 2. The molecule has 0 bridgehead atoms. The molecule has 0 saturated heterocycles. The summed E-state index contributed by atoms with van der Waals surface area (Å²) in [6.07, 6.45) is 46.1. The summed E-state index contributed by atoms with van der Waals surface area (Å²) in [4.78, 5) is 34.9. The van der Waals surface area contributed by atoms with Gasteiger partial charge in [-0.3, -0.25) is 18.6 Å². The third kappa shape index (κ3) is 41.7. The summed E-state index contributed by atoms with van der Waals surface area (Å²) < 4.78 is 32.8. The Bertz CT molecular complexity index is 1000. The van der Waals surface area contributed by atoms with E-state index in [9.17, 15) is 19.0 Å². The highest BCUT2D eigenvalue weighted by Gasteiger charge is 2.26. The Morgan fingerprint density at radius 1 is 0.545 bits per heavy atom. The number of esters is 2. The molecule has 55 heavy (non-hydrogen) atoms. The predicted octanol–water partition coefficient (Wildman–Crippen LogP) is 12.9. The smallest absolute Gasteiger partial charge is 0.462 e. The molecule has 0 aliphatic rings. The van der Waals surface area contributed by atoms with Crippen LogP contribution in [-0.4, -0.2) is 49.3 Å². The van der Waals surface area contributed by atoms with Gasteiger partial charge in [0, 0.05) is 19.4 Å². The molecule has 9 nitrogen and oxygen atoms in total. The molecule has 0 aromatic carbocycles. The second kappa shape index (κ2) is 41.9. The van der Waals surface area contributed by atoms with Crippen LogP contribution in [0.15, 0.2) is 36.5 Å². The first-order valence-electron chi connectivity index (χ1n) is 22.5. The lowest BCUT2D eigenvalue weighted by Gasteiger charge is -2.19. The average Bonchev–Trinajstić information content (AvgIpc) is 3.17. The van der Waals surface area contributed by atoms with Gasteiger partial charge in [-0.1, -0.05) is 179 Å². The summed E-state index contributed by atoms with van der Waals surface area (Å²) in [7, 11) is -4.38. The van der Waals surface area contributed by atoms with Crippen molar-refractivity contribution in [3.05, 3.63) is 36.5 Å². The summed E-state index contributed by atoms with van der Waals surface area (Å²) >= 11 is 0. The second-order valence-electron chi connectivity index (χ2n) is 14.9. The van der Waals surface area contributed by atoms with Crippen LogP contribution in [0, 0.1) is 0 Å². The average molecular weight is 798 g/mol. The fourth-order valence-electron chi connectivity index (χ4n) is 6.17. The van der Waals surface area contributed by atoms with E-state index in [-0.39, 0.29) is 38.6 Å². The van der Waals surface area contributed by atoms with Crippen LogP contribution in [-0.2, 0) is 32.7 Å². The molecule has 0 radical (unpaired) electrons. The minimum Gasteiger partial charge on any atom is -0.462 e. The highest BCUT2D eigenvalue weighted by molar-refractivity contribution is 7.47. The first-order chi connectivity index (χ1) is 26.8. The molecule has 0 aromatic rings. The summed E-state index contributed by atoms with van der Waals surface area (Å²) in [5.74, 6) is -0.867. The number of ether oxygens (including phenoxy) is 2. The normalized spacial score (nSPS) is 13.6. The largest absolute Gasteiger partial charge is 0.472 e. The molecular weight excluding hydrogens is 713 g/mol. The third-order valence-corrected chi connectivity index (χ3v) is 10.5. The van der Waals surface area contributed by atoms with Crippen LogP contribution in [0.5, 0.6) is 0 Å². The molecule has 10 heteroatoms. The van der Waals surface area contributed by atoms with E-state index in [0.29, 0.717) is 6.42 Å². The maximum Gasteiger partial charge on any atom is 0.472 e. The van der Waals surface area contributed by atoms with Gasteiger partial charge in [-0.15, -0.1) is 0 Å². The maximum absolute atomic E-state index is 12.6. The Morgan fingerprint density at radius 2 is 0.945 bits per heavy atom. The lowest BCUT2D eigenvalue weighted by atomic mass is 10.0. The number of unbranched alkanes of at least 4 members (excludes halogenated alkanes) is 23. The van der Waals surface area contributed by atoms with Gasteiger partial charge in [0.05, 0.1) is 13.2 Å². The van der Waals surface area contributed by atoms with Gasteiger partial charge in [0.25, 0.3) is 0 Å². The van der Waals surface area contributed by atoms with Crippen molar-refractivity contribution < 1.29 is 37.6 Å². The molecule has 0 fully saturated rings. The number of nitrogens with two attached hydrogens (primary N) is 1. The first-order valence-corrected chi connectivity index (χ1v) is 24.0. The minimum atomic E-state index is -4.38. The van der Waals surface area contributed by atoms with Crippen LogP contribution in [0.1, 0.15) is 206 Å². The van der Waals surface area contributed by atoms with Gasteiger partial charge in [-0.25, -0.2) is 4.57 Å². The van der Waals surface area contributed by atoms with Crippen LogP contribution in [0.2, 0.25) is 0 Å². The Balaban J connectivity index is 4.14. The van der Waals surface area contributed by atoms with Crippen LogP contribution >= 0.6 is 7.82 Å². The summed E-state index contributed by atoms with van der Waals surface area (Å²) in [5.41, 5.74) is 5.35. The van der Waals surface area contributed by atoms with E-state index in [1.54, 1.807) is 0 Å². The molecule has 1 unspecified atom stereocenters. The lowest BCUT2D eigenvalue weighted by molar-refractivity contribution is -0.161. The molecule has 322 valence electrons. The van der Waals surface area contributed by atoms with Gasteiger partial charge < -0.3 is 20.1 Å². The molecule has 0 aliphatic carbocycles. The van der Waals surface area contributed by atoms with E-state index in [2.05, 4.69) is 50.3 Å². The topological polar surface area (TPSA) is 134 Å². The highest BCUT2D eigenvalue weighted by atomic mass is 31.2. The monoisotopic (exact) mass is 798 g/mol. The molecule has 0 aromatic heterocycles. The zero-order valence-corrected chi connectivity index (χ0v) is 36.3. The van der Waals surface area contributed by atoms with Crippen LogP contribution in [0.3, 0.4) is 0 Å². The van der Waals surface area contributed by atoms with Crippen LogP contribution < -0.4 is 5.73 Å². The van der Waals surface area contributed by atoms with E-state index in [1.807, 2.05) is 0 Å². The number of allylic oxidation sites excluding steroid dienone is 6. The zero-order valence-electron chi connectivity index (χ0n) is 35.4. The lowest BCUT2D eigenvalue weighted by Crippen LogP contribution is -2.29. The Labute approximate surface area is 337 Å². The number of hydrogen-bond acceptors (Lipinski definition) is 8. The minimum absolute atomic E-state index is 0.0478. The van der Waals surface area contributed by atoms with Crippen molar-refractivity contribution >= 4 is 19.8 Å². The van der Waals surface area contributed by atoms with Gasteiger partial charge in [0.2, 0.25) is 0 Å². The molecule has 0 rings (SSSR count). The van der Waals surface area contributed by atoms with Crippen molar-refractivity contribution in [1.82, 2.24) is 0 Å². The SMILES string of the molecule is CCCCCC=CCC=CCC=CCCCCC(=O)O[C@H](COC(=O)CCCCCCCCCCCCCCCCCCCCC)COP(=O)(O)OCCN. The molecule has 3 N–H and O–H groups in total. The van der Waals surface area contributed by atoms with Gasteiger partial charge in [-0.2, -0.15) is 0 Å². The fourth-order valence-corrected chi connectivity index (χ4v) is 6.94. The van der Waals surface area contributed by atoms with Gasteiger partial charge in [0.1, 0.15) is 6.61 Å². The zero-order chi connectivity index (χ0) is 40.3. The summed E-state index contributed by atoms with van der Waals surface area (Å²) in [6, 6.07) is 0. The van der Waals surface area contributed by atoms with Crippen LogP contribution in [0.25, 0.3) is 0 Å². The predicted molar refractivity (Wildman–Crippen MR) is 229 cm³/mol. The molecular formula is C45H84NO8P. The fraction of sp³-hybridized carbons (Fsp3) is 0.822. The van der Waals surface area contributed by atoms with Gasteiger partial charge >= 0.3 is 19.8 Å². The van der Waals surface area contributed by atoms with E-state index >= 15 is 0 Å². The molecule has 0 saturated carbocycles. The summed E-state index contributed by atoms with van der Waals surface area (Å²) in [5, 5.41) is 0. The number of phosphoric ester groups is 1. The Kier molecular flexibility index (Phi) is 40.5. The first kappa shape index (κ1) is 53.2. The van der Waals surface area contributed by atoms with Crippen molar-refractivity contribution in [1.29, 1.82) is 0 Å². The van der Waals surface area contributed by atoms with Gasteiger partial charge in [0.15, 0.2) is 6.10 Å². The van der Waals surface area contributed by atoms with Gasteiger partial charge in [-0.05, 0) is 51.4 Å². The van der Waals surface area contributed by atoms with Crippen LogP contribution in [0.4, 0.5) is 0 Å². The van der Waals surface area contributed by atoms with Crippen molar-refractivity contribution in [3.8, 4) is 0 Å². The van der Waals surface area contributed by atoms with Crippen molar-refractivity contribution in [2.45, 2.75) is 213 Å².